The van der Waals surface area contributed by atoms with Gasteiger partial charge in [0.05, 0.1) is 5.56 Å². The molecule has 2 rings (SSSR count). The molecule has 1 saturated heterocycles. The summed E-state index contributed by atoms with van der Waals surface area (Å²) in [5, 5.41) is 6.29. The molecular weight excluding hydrogens is 381 g/mol. The van der Waals surface area contributed by atoms with Crippen LogP contribution in [0.1, 0.15) is 56.6 Å². The molecule has 1 aliphatic rings. The molecule has 1 fully saturated rings. The molecule has 1 unspecified atom stereocenters. The maximum Gasteiger partial charge on any atom is 0.416 e. The largest absolute Gasteiger partial charge is 0.416 e. The third-order valence-corrected chi connectivity index (χ3v) is 5.05. The fraction of sp³-hybridized carbons (Fsp3) is 0.619. The van der Waals surface area contributed by atoms with Gasteiger partial charge in [0.2, 0.25) is 5.91 Å². The summed E-state index contributed by atoms with van der Waals surface area (Å²) < 4.78 is 38.6. The average Bonchev–Trinajstić information content (AvgIpc) is 3.22. The van der Waals surface area contributed by atoms with Crippen LogP contribution in [0.4, 0.5) is 13.2 Å². The van der Waals surface area contributed by atoms with Gasteiger partial charge in [-0.25, -0.2) is 0 Å². The minimum Gasteiger partial charge on any atom is -0.357 e. The first kappa shape index (κ1) is 23.0. The molecule has 0 bridgehead atoms. The molecule has 5 nitrogen and oxygen atoms in total. The average molecular weight is 413 g/mol. The number of carbonyl (C=O) groups is 1. The van der Waals surface area contributed by atoms with Crippen molar-refractivity contribution in [3.05, 3.63) is 35.4 Å². The standard InChI is InChI=1S/C21H31F3N4O/c1-3-25-20(27-12-10-19(29)28-13-4-5-14-28)26-11-9-16(2)17-7-6-8-18(15-17)21(22,23)24/h6-8,15-16H,3-5,9-14H2,1-2H3,(H2,25,26,27). The Bertz CT molecular complexity index is 685. The molecule has 1 amide bonds. The SMILES string of the molecule is CCNC(=NCCC(C)c1cccc(C(F)(F)F)c1)NCCC(=O)N1CCCC1. The first-order valence-electron chi connectivity index (χ1n) is 10.3. The van der Waals surface area contributed by atoms with Crippen LogP contribution in [0.5, 0.6) is 0 Å². The second-order valence-corrected chi connectivity index (χ2v) is 7.34. The van der Waals surface area contributed by atoms with Gasteiger partial charge in [-0.3, -0.25) is 9.79 Å². The van der Waals surface area contributed by atoms with Crippen molar-refractivity contribution in [3.63, 3.8) is 0 Å². The van der Waals surface area contributed by atoms with Crippen molar-refractivity contribution in [1.82, 2.24) is 15.5 Å². The topological polar surface area (TPSA) is 56.7 Å². The molecular formula is C21H31F3N4O. The lowest BCUT2D eigenvalue weighted by Gasteiger charge is -2.17. The van der Waals surface area contributed by atoms with E-state index in [0.29, 0.717) is 44.0 Å². The first-order chi connectivity index (χ1) is 13.8. The lowest BCUT2D eigenvalue weighted by molar-refractivity contribution is -0.137. The van der Waals surface area contributed by atoms with Crippen molar-refractivity contribution < 1.29 is 18.0 Å². The molecule has 0 radical (unpaired) electrons. The van der Waals surface area contributed by atoms with Gasteiger partial charge in [-0.15, -0.1) is 0 Å². The monoisotopic (exact) mass is 412 g/mol. The maximum absolute atomic E-state index is 12.9. The van der Waals surface area contributed by atoms with E-state index in [0.717, 1.165) is 32.0 Å². The van der Waals surface area contributed by atoms with Crippen LogP contribution < -0.4 is 10.6 Å². The van der Waals surface area contributed by atoms with Crippen LogP contribution in [0, 0.1) is 0 Å². The molecule has 1 aliphatic heterocycles. The zero-order valence-electron chi connectivity index (χ0n) is 17.2. The highest BCUT2D eigenvalue weighted by Gasteiger charge is 2.30. The van der Waals surface area contributed by atoms with E-state index < -0.39 is 11.7 Å². The van der Waals surface area contributed by atoms with Crippen LogP contribution in [0.25, 0.3) is 0 Å². The predicted molar refractivity (Wildman–Crippen MR) is 109 cm³/mol. The van der Waals surface area contributed by atoms with E-state index in [1.165, 1.54) is 12.1 Å². The van der Waals surface area contributed by atoms with E-state index in [4.69, 9.17) is 0 Å². The number of likely N-dealkylation sites (tertiary alicyclic amines) is 1. The van der Waals surface area contributed by atoms with Crippen molar-refractivity contribution in [2.75, 3.05) is 32.7 Å². The number of hydrogen-bond donors (Lipinski definition) is 2. The lowest BCUT2D eigenvalue weighted by Crippen LogP contribution is -2.39. The minimum atomic E-state index is -4.33. The van der Waals surface area contributed by atoms with Crippen LogP contribution >= 0.6 is 0 Å². The highest BCUT2D eigenvalue weighted by atomic mass is 19.4. The van der Waals surface area contributed by atoms with Crippen LogP contribution in [0.2, 0.25) is 0 Å². The highest BCUT2D eigenvalue weighted by Crippen LogP contribution is 2.31. The molecule has 1 aromatic carbocycles. The highest BCUT2D eigenvalue weighted by molar-refractivity contribution is 5.81. The van der Waals surface area contributed by atoms with Gasteiger partial charge in [0.15, 0.2) is 5.96 Å². The van der Waals surface area contributed by atoms with E-state index in [1.807, 2.05) is 18.7 Å². The van der Waals surface area contributed by atoms with Crippen LogP contribution in [-0.2, 0) is 11.0 Å². The Labute approximate surface area is 170 Å². The Morgan fingerprint density at radius 1 is 1.24 bits per heavy atom. The first-order valence-corrected chi connectivity index (χ1v) is 10.3. The number of halogens is 3. The number of rotatable bonds is 8. The van der Waals surface area contributed by atoms with Gasteiger partial charge in [0, 0.05) is 39.1 Å². The van der Waals surface area contributed by atoms with Crippen molar-refractivity contribution in [1.29, 1.82) is 0 Å². The fourth-order valence-corrected chi connectivity index (χ4v) is 3.31. The normalized spacial score (nSPS) is 16.0. The number of amides is 1. The third kappa shape index (κ3) is 7.59. The Morgan fingerprint density at radius 2 is 1.97 bits per heavy atom. The van der Waals surface area contributed by atoms with E-state index in [-0.39, 0.29) is 11.8 Å². The van der Waals surface area contributed by atoms with Gasteiger partial charge in [0.25, 0.3) is 0 Å². The van der Waals surface area contributed by atoms with Gasteiger partial charge in [0.1, 0.15) is 0 Å². The zero-order chi connectivity index (χ0) is 21.3. The Hall–Kier alpha value is -2.25. The molecule has 0 aliphatic carbocycles. The summed E-state index contributed by atoms with van der Waals surface area (Å²) in [6.07, 6.45) is -1.13. The second kappa shape index (κ2) is 11.1. The summed E-state index contributed by atoms with van der Waals surface area (Å²) in [6.45, 7) is 7.23. The number of hydrogen-bond acceptors (Lipinski definition) is 2. The predicted octanol–water partition coefficient (Wildman–Crippen LogP) is 3.77. The van der Waals surface area contributed by atoms with E-state index in [1.54, 1.807) is 6.07 Å². The number of aliphatic imine (C=N–C) groups is 1. The summed E-state index contributed by atoms with van der Waals surface area (Å²) in [5.74, 6) is 0.739. The van der Waals surface area contributed by atoms with Gasteiger partial charge >= 0.3 is 6.18 Å². The maximum atomic E-state index is 12.9. The molecule has 0 aromatic heterocycles. The second-order valence-electron chi connectivity index (χ2n) is 7.34. The number of guanidine groups is 1. The summed E-state index contributed by atoms with van der Waals surface area (Å²) >= 11 is 0. The smallest absolute Gasteiger partial charge is 0.357 e. The quantitative estimate of drug-likeness (QED) is 0.505. The Morgan fingerprint density at radius 3 is 2.62 bits per heavy atom. The molecule has 1 atom stereocenters. The summed E-state index contributed by atoms with van der Waals surface area (Å²) in [7, 11) is 0. The summed E-state index contributed by atoms with van der Waals surface area (Å²) in [5.41, 5.74) is 0.0345. The summed E-state index contributed by atoms with van der Waals surface area (Å²) in [6, 6.07) is 5.46. The Kier molecular flexibility index (Phi) is 8.79. The molecule has 0 spiro atoms. The van der Waals surface area contributed by atoms with Crippen molar-refractivity contribution in [2.24, 2.45) is 4.99 Å². The van der Waals surface area contributed by atoms with Gasteiger partial charge in [-0.2, -0.15) is 13.2 Å². The number of carbonyl (C=O) groups excluding carboxylic acids is 1. The molecule has 29 heavy (non-hydrogen) atoms. The van der Waals surface area contributed by atoms with Gasteiger partial charge < -0.3 is 15.5 Å². The van der Waals surface area contributed by atoms with E-state index in [2.05, 4.69) is 15.6 Å². The molecule has 1 aromatic rings. The lowest BCUT2D eigenvalue weighted by atomic mass is 9.96. The fourth-order valence-electron chi connectivity index (χ4n) is 3.31. The summed E-state index contributed by atoms with van der Waals surface area (Å²) in [4.78, 5) is 18.5. The molecule has 162 valence electrons. The van der Waals surface area contributed by atoms with Crippen molar-refractivity contribution >= 4 is 11.9 Å². The molecule has 8 heteroatoms. The van der Waals surface area contributed by atoms with Gasteiger partial charge in [-0.05, 0) is 43.7 Å². The number of benzene rings is 1. The van der Waals surface area contributed by atoms with Crippen LogP contribution in [0.15, 0.2) is 29.3 Å². The van der Waals surface area contributed by atoms with Crippen LogP contribution in [0.3, 0.4) is 0 Å². The zero-order valence-corrected chi connectivity index (χ0v) is 17.2. The number of alkyl halides is 3. The van der Waals surface area contributed by atoms with Gasteiger partial charge in [-0.1, -0.05) is 25.1 Å². The number of nitrogens with zero attached hydrogens (tertiary/aromatic N) is 2. The molecule has 0 saturated carbocycles. The number of nitrogens with one attached hydrogen (secondary N) is 2. The third-order valence-electron chi connectivity index (χ3n) is 5.05. The van der Waals surface area contributed by atoms with E-state index in [9.17, 15) is 18.0 Å². The van der Waals surface area contributed by atoms with Crippen molar-refractivity contribution in [3.8, 4) is 0 Å². The van der Waals surface area contributed by atoms with Crippen molar-refractivity contribution in [2.45, 2.75) is 51.6 Å². The minimum absolute atomic E-state index is 0.0410. The molecule has 2 N–H and O–H groups in total. The van der Waals surface area contributed by atoms with Crippen LogP contribution in [-0.4, -0.2) is 49.5 Å². The molecule has 1 heterocycles. The Balaban J connectivity index is 1.82. The van der Waals surface area contributed by atoms with E-state index >= 15 is 0 Å².